The molecule has 33 heavy (non-hydrogen) atoms. The van der Waals surface area contributed by atoms with Gasteiger partial charge in [0.2, 0.25) is 5.82 Å². The Morgan fingerprint density at radius 1 is 1.24 bits per heavy atom. The number of hydrogen-bond acceptors (Lipinski definition) is 8. The van der Waals surface area contributed by atoms with Crippen molar-refractivity contribution in [2.75, 3.05) is 19.7 Å². The van der Waals surface area contributed by atoms with Crippen LogP contribution in [0.25, 0.3) is 22.8 Å². The van der Waals surface area contributed by atoms with Gasteiger partial charge in [-0.15, -0.1) is 0 Å². The topological polar surface area (TPSA) is 101 Å². The summed E-state index contributed by atoms with van der Waals surface area (Å²) < 4.78 is 17.1. The van der Waals surface area contributed by atoms with E-state index in [1.54, 1.807) is 18.2 Å². The third-order valence-corrected chi connectivity index (χ3v) is 5.31. The molecule has 2 heterocycles. The lowest BCUT2D eigenvalue weighted by Crippen LogP contribution is -2.26. The van der Waals surface area contributed by atoms with Gasteiger partial charge in [0.15, 0.2) is 0 Å². The fraction of sp³-hybridized carbons (Fsp3) is 0.360. The maximum atomic E-state index is 10.6. The molecule has 170 valence electrons. The van der Waals surface area contributed by atoms with Crippen molar-refractivity contribution in [2.45, 2.75) is 39.3 Å². The quantitative estimate of drug-likeness (QED) is 0.374. The van der Waals surface area contributed by atoms with Gasteiger partial charge < -0.3 is 18.8 Å². The Hall–Kier alpha value is -3.70. The first kappa shape index (κ1) is 22.5. The molecule has 1 aliphatic heterocycles. The summed E-state index contributed by atoms with van der Waals surface area (Å²) in [5.41, 5.74) is 2.94. The molecule has 0 radical (unpaired) electrons. The highest BCUT2D eigenvalue weighted by molar-refractivity contribution is 5.64. The first-order valence-corrected chi connectivity index (χ1v) is 11.0. The van der Waals surface area contributed by atoms with Gasteiger partial charge >= 0.3 is 0 Å². The van der Waals surface area contributed by atoms with Gasteiger partial charge in [-0.2, -0.15) is 10.2 Å². The van der Waals surface area contributed by atoms with Crippen molar-refractivity contribution in [3.63, 3.8) is 0 Å². The Labute approximate surface area is 192 Å². The molecule has 0 saturated carbocycles. The second-order valence-electron chi connectivity index (χ2n) is 8.17. The first-order valence-electron chi connectivity index (χ1n) is 11.0. The predicted molar refractivity (Wildman–Crippen MR) is 122 cm³/mol. The summed E-state index contributed by atoms with van der Waals surface area (Å²) in [5.74, 6) is 2.17. The van der Waals surface area contributed by atoms with Crippen molar-refractivity contribution in [3.8, 4) is 40.4 Å². The van der Waals surface area contributed by atoms with Crippen molar-refractivity contribution in [3.05, 3.63) is 47.5 Å². The Morgan fingerprint density at radius 3 is 2.88 bits per heavy atom. The van der Waals surface area contributed by atoms with E-state index in [9.17, 15) is 10.1 Å². The zero-order valence-electron chi connectivity index (χ0n) is 18.8. The SMILES string of the molecule is CC(C)Oc1ccc(-c2nc(-c3ccc4c(c3)CN(CCCC=O)CCO4)no2)cc1C#N. The number of fused-ring (bicyclic) bond motifs is 1. The summed E-state index contributed by atoms with van der Waals surface area (Å²) in [5, 5.41) is 13.6. The van der Waals surface area contributed by atoms with Crippen LogP contribution in [0, 0.1) is 11.3 Å². The number of ether oxygens (including phenoxy) is 2. The van der Waals surface area contributed by atoms with Crippen molar-refractivity contribution in [1.82, 2.24) is 15.0 Å². The Kier molecular flexibility index (Phi) is 7.01. The van der Waals surface area contributed by atoms with E-state index in [1.807, 2.05) is 32.0 Å². The molecule has 8 nitrogen and oxygen atoms in total. The molecular weight excluding hydrogens is 420 g/mol. The summed E-state index contributed by atoms with van der Waals surface area (Å²) in [7, 11) is 0. The summed E-state index contributed by atoms with van der Waals surface area (Å²) in [6, 6.07) is 13.3. The Morgan fingerprint density at radius 2 is 2.09 bits per heavy atom. The monoisotopic (exact) mass is 446 g/mol. The largest absolute Gasteiger partial charge is 0.492 e. The van der Waals surface area contributed by atoms with Crippen molar-refractivity contribution >= 4 is 6.29 Å². The second-order valence-corrected chi connectivity index (χ2v) is 8.17. The highest BCUT2D eigenvalue weighted by atomic mass is 16.5. The molecule has 0 aliphatic carbocycles. The predicted octanol–water partition coefficient (Wildman–Crippen LogP) is 4.24. The minimum Gasteiger partial charge on any atom is -0.492 e. The normalized spacial score (nSPS) is 13.6. The fourth-order valence-corrected chi connectivity index (χ4v) is 3.74. The van der Waals surface area contributed by atoms with Crippen LogP contribution < -0.4 is 9.47 Å². The van der Waals surface area contributed by atoms with Crippen LogP contribution in [0.5, 0.6) is 11.5 Å². The van der Waals surface area contributed by atoms with E-state index in [4.69, 9.17) is 14.0 Å². The van der Waals surface area contributed by atoms with Gasteiger partial charge in [0, 0.05) is 36.2 Å². The maximum absolute atomic E-state index is 10.6. The van der Waals surface area contributed by atoms with Crippen LogP contribution in [0.4, 0.5) is 0 Å². The number of aromatic nitrogens is 2. The lowest BCUT2D eigenvalue weighted by atomic mass is 10.1. The minimum atomic E-state index is -0.0314. The molecule has 0 atom stereocenters. The molecular formula is C25H26N4O4. The van der Waals surface area contributed by atoms with E-state index in [0.29, 0.717) is 41.6 Å². The zero-order valence-corrected chi connectivity index (χ0v) is 18.8. The summed E-state index contributed by atoms with van der Waals surface area (Å²) >= 11 is 0. The van der Waals surface area contributed by atoms with Crippen LogP contribution in [0.2, 0.25) is 0 Å². The number of hydrogen-bond donors (Lipinski definition) is 0. The molecule has 0 bridgehead atoms. The average Bonchev–Trinajstić information content (AvgIpc) is 3.21. The number of nitrogens with zero attached hydrogens (tertiary/aromatic N) is 4. The van der Waals surface area contributed by atoms with Crippen molar-refractivity contribution in [2.24, 2.45) is 0 Å². The number of rotatable bonds is 8. The number of nitriles is 1. The number of carbonyl (C=O) groups excluding carboxylic acids is 1. The van der Waals surface area contributed by atoms with Crippen LogP contribution in [-0.4, -0.2) is 47.1 Å². The highest BCUT2D eigenvalue weighted by Crippen LogP contribution is 2.31. The molecule has 8 heteroatoms. The molecule has 0 N–H and O–H groups in total. The highest BCUT2D eigenvalue weighted by Gasteiger charge is 2.18. The van der Waals surface area contributed by atoms with Gasteiger partial charge in [-0.25, -0.2) is 0 Å². The van der Waals surface area contributed by atoms with Gasteiger partial charge in [-0.1, -0.05) is 5.16 Å². The molecule has 0 spiro atoms. The molecule has 1 aliphatic rings. The van der Waals surface area contributed by atoms with E-state index in [-0.39, 0.29) is 6.10 Å². The van der Waals surface area contributed by atoms with E-state index >= 15 is 0 Å². The Bertz CT molecular complexity index is 1170. The van der Waals surface area contributed by atoms with Crippen molar-refractivity contribution in [1.29, 1.82) is 5.26 Å². The standard InChI is InChI=1S/C25H26N4O4/c1-17(2)32-23-8-6-19(14-20(23)15-26)25-27-24(28-33-25)18-5-7-22-21(13-18)16-29(10-12-31-22)9-3-4-11-30/h5-8,11,13-14,17H,3-4,9-10,12,16H2,1-2H3. The number of carbonyl (C=O) groups is 1. The van der Waals surface area contributed by atoms with Gasteiger partial charge in [-0.05, 0) is 63.2 Å². The molecule has 3 aromatic rings. The average molecular weight is 447 g/mol. The third-order valence-electron chi connectivity index (χ3n) is 5.31. The summed E-state index contributed by atoms with van der Waals surface area (Å²) in [6.07, 6.45) is 2.32. The van der Waals surface area contributed by atoms with Crippen LogP contribution in [-0.2, 0) is 11.3 Å². The van der Waals surface area contributed by atoms with Gasteiger partial charge in [0.05, 0.1) is 11.7 Å². The van der Waals surface area contributed by atoms with E-state index in [2.05, 4.69) is 21.1 Å². The smallest absolute Gasteiger partial charge is 0.258 e. The molecule has 0 fully saturated rings. The molecule has 0 saturated heterocycles. The van der Waals surface area contributed by atoms with Crippen LogP contribution in [0.1, 0.15) is 37.8 Å². The summed E-state index contributed by atoms with van der Waals surface area (Å²) in [6.45, 7) is 6.82. The van der Waals surface area contributed by atoms with Crippen LogP contribution in [0.3, 0.4) is 0 Å². The lowest BCUT2D eigenvalue weighted by molar-refractivity contribution is -0.108. The fourth-order valence-electron chi connectivity index (χ4n) is 3.74. The van der Waals surface area contributed by atoms with Gasteiger partial charge in [0.1, 0.15) is 30.5 Å². The molecule has 0 unspecified atom stereocenters. The maximum Gasteiger partial charge on any atom is 0.258 e. The van der Waals surface area contributed by atoms with Crippen molar-refractivity contribution < 1.29 is 18.8 Å². The van der Waals surface area contributed by atoms with Gasteiger partial charge in [-0.3, -0.25) is 4.90 Å². The minimum absolute atomic E-state index is 0.0314. The molecule has 4 rings (SSSR count). The second kappa shape index (κ2) is 10.3. The first-order chi connectivity index (χ1) is 16.1. The Balaban J connectivity index is 1.56. The number of unbranched alkanes of at least 4 members (excludes halogenated alkanes) is 1. The van der Waals surface area contributed by atoms with Gasteiger partial charge in [0.25, 0.3) is 5.89 Å². The third kappa shape index (κ3) is 5.38. The molecule has 0 amide bonds. The van der Waals surface area contributed by atoms with E-state index in [0.717, 1.165) is 49.2 Å². The van der Waals surface area contributed by atoms with Crippen LogP contribution >= 0.6 is 0 Å². The molecule has 1 aromatic heterocycles. The number of benzene rings is 2. The van der Waals surface area contributed by atoms with E-state index in [1.165, 1.54) is 0 Å². The summed E-state index contributed by atoms with van der Waals surface area (Å²) in [4.78, 5) is 17.5. The van der Waals surface area contributed by atoms with E-state index < -0.39 is 0 Å². The number of aldehydes is 1. The molecule has 2 aromatic carbocycles. The van der Waals surface area contributed by atoms with Crippen LogP contribution in [0.15, 0.2) is 40.9 Å². The zero-order chi connectivity index (χ0) is 23.2. The lowest BCUT2D eigenvalue weighted by Gasteiger charge is -2.18.